The Balaban J connectivity index is 4.27. The second-order valence-electron chi connectivity index (χ2n) is 4.55. The Morgan fingerprint density at radius 1 is 0.517 bits per heavy atom. The predicted molar refractivity (Wildman–Crippen MR) is 66.6 cm³/mol. The second-order valence-corrected chi connectivity index (χ2v) is 10.9. The molecule has 168 valence electrons. The molecule has 0 aliphatic rings. The van der Waals surface area contributed by atoms with Crippen LogP contribution in [-0.4, -0.2) is 36.3 Å². The van der Waals surface area contributed by atoms with Crippen molar-refractivity contribution >= 4 is 29.5 Å². The van der Waals surface area contributed by atoms with Gasteiger partial charge in [0.15, 0.2) is 42.9 Å². The lowest BCUT2D eigenvalue weighted by molar-refractivity contribution is -0.0449. The summed E-state index contributed by atoms with van der Waals surface area (Å²) in [6.07, 6.45) is 0. The van der Waals surface area contributed by atoms with Crippen LogP contribution in [0.1, 0.15) is 0 Å². The van der Waals surface area contributed by atoms with E-state index in [0.29, 0.717) is 0 Å². The first-order chi connectivity index (χ1) is 12.5. The van der Waals surface area contributed by atoms with Gasteiger partial charge in [-0.1, -0.05) is 0 Å². The van der Waals surface area contributed by atoms with Crippen molar-refractivity contribution in [3.05, 3.63) is 33.0 Å². The smallest absolute Gasteiger partial charge is 0.255 e. The minimum absolute atomic E-state index is 3.14. The van der Waals surface area contributed by atoms with Crippen LogP contribution in [0.2, 0.25) is 0 Å². The highest BCUT2D eigenvalue weighted by Crippen LogP contribution is 2.46. The number of rotatable bonds is 4. The van der Waals surface area contributed by atoms with Crippen LogP contribution in [0.4, 0.5) is 48.3 Å². The second kappa shape index (κ2) is 6.93. The molecule has 1 aromatic rings. The molecule has 0 aliphatic heterocycles. The molecule has 0 unspecified atom stereocenters. The van der Waals surface area contributed by atoms with Crippen molar-refractivity contribution in [3.63, 3.8) is 0 Å². The van der Waals surface area contributed by atoms with E-state index in [0.717, 1.165) is 0 Å². The zero-order valence-electron chi connectivity index (χ0n) is 12.3. The number of alkyl halides is 6. The normalized spacial score (nSPS) is 14.5. The van der Waals surface area contributed by atoms with Crippen LogP contribution in [0.15, 0.2) is 4.90 Å². The highest BCUT2D eigenvalue weighted by Gasteiger charge is 2.59. The molecule has 0 saturated carbocycles. The summed E-state index contributed by atoms with van der Waals surface area (Å²) in [5.41, 5.74) is -14.3. The van der Waals surface area contributed by atoms with Gasteiger partial charge in [0.25, 0.3) is 0 Å². The minimum atomic E-state index is -8.11. The highest BCUT2D eigenvalue weighted by atomic mass is 32.3. The Morgan fingerprint density at radius 3 is 1.00 bits per heavy atom. The Morgan fingerprint density at radius 2 is 0.759 bits per heavy atom. The van der Waals surface area contributed by atoms with Crippen molar-refractivity contribution in [2.45, 2.75) is 15.9 Å². The van der Waals surface area contributed by atoms with Gasteiger partial charge in [0.1, 0.15) is 4.90 Å². The summed E-state index contributed by atoms with van der Waals surface area (Å²) in [6, 6.07) is 0. The van der Waals surface area contributed by atoms with Crippen LogP contribution in [0.25, 0.3) is 0 Å². The molecule has 0 heterocycles. The van der Waals surface area contributed by atoms with E-state index in [1.165, 1.54) is 0 Å². The molecule has 0 N–H and O–H groups in total. The standard InChI is InChI=1S/C9F11O6S3/c10-1-2(11)4(13)6(5(14)3(1)12)27(21,22)7(28(23,24)8(15,16)17)29(25,26)9(18,19)20/q-1. The fourth-order valence-electron chi connectivity index (χ4n) is 1.53. The van der Waals surface area contributed by atoms with E-state index >= 15 is 0 Å². The maximum Gasteiger partial charge on any atom is 0.470 e. The largest absolute Gasteiger partial charge is 0.470 e. The summed E-state index contributed by atoms with van der Waals surface area (Å²) in [5, 5.41) is 0. The molecule has 1 rings (SSSR count). The fourth-order valence-corrected chi connectivity index (χ4v) is 7.82. The third kappa shape index (κ3) is 3.76. The average molecular weight is 509 g/mol. The first kappa shape index (κ1) is 25.3. The van der Waals surface area contributed by atoms with E-state index in [9.17, 15) is 73.5 Å². The quantitative estimate of drug-likeness (QED) is 0.203. The van der Waals surface area contributed by atoms with Gasteiger partial charge < -0.3 is 0 Å². The zero-order chi connectivity index (χ0) is 23.5. The van der Waals surface area contributed by atoms with Gasteiger partial charge in [-0.3, -0.25) is 25.3 Å². The first-order valence-electron chi connectivity index (χ1n) is 5.80. The van der Waals surface area contributed by atoms with Gasteiger partial charge in [0, 0.05) is 0 Å². The summed E-state index contributed by atoms with van der Waals surface area (Å²) in [4.78, 5) is -3.57. The van der Waals surface area contributed by atoms with Crippen molar-refractivity contribution in [2.24, 2.45) is 0 Å². The van der Waals surface area contributed by atoms with Crippen LogP contribution >= 0.6 is 0 Å². The molecular weight excluding hydrogens is 509 g/mol. The zero-order valence-corrected chi connectivity index (χ0v) is 14.8. The number of hydrogen-bond donors (Lipinski definition) is 0. The Bertz CT molecular complexity index is 1090. The number of halogens is 11. The lowest BCUT2D eigenvalue weighted by Crippen LogP contribution is -2.43. The van der Waals surface area contributed by atoms with Crippen LogP contribution < -0.4 is 0 Å². The molecule has 0 bridgehead atoms. The molecule has 0 aromatic heterocycles. The Kier molecular flexibility index (Phi) is 6.05. The van der Waals surface area contributed by atoms with Gasteiger partial charge in [0.05, 0.1) is 13.8 Å². The maximum atomic E-state index is 13.6. The molecule has 20 heteroatoms. The molecule has 0 aliphatic carbocycles. The molecule has 0 radical (unpaired) electrons. The Hall–Kier alpha value is -1.70. The third-order valence-corrected chi connectivity index (χ3v) is 10.1. The number of benzene rings is 1. The van der Waals surface area contributed by atoms with E-state index < -0.39 is 78.4 Å². The number of sulfone groups is 3. The molecule has 0 amide bonds. The molecule has 29 heavy (non-hydrogen) atoms. The van der Waals surface area contributed by atoms with Crippen LogP contribution in [0.5, 0.6) is 0 Å². The highest BCUT2D eigenvalue weighted by molar-refractivity contribution is 8.29. The third-order valence-electron chi connectivity index (χ3n) is 2.71. The summed E-state index contributed by atoms with van der Waals surface area (Å²) in [5.74, 6) is -16.9. The summed E-state index contributed by atoms with van der Waals surface area (Å²) >= 11 is 0. The minimum Gasteiger partial charge on any atom is -0.255 e. The molecule has 6 nitrogen and oxygen atoms in total. The summed E-state index contributed by atoms with van der Waals surface area (Å²) < 4.78 is 206. The molecule has 0 atom stereocenters. The van der Waals surface area contributed by atoms with Crippen LogP contribution in [0.3, 0.4) is 0 Å². The van der Waals surface area contributed by atoms with Crippen molar-refractivity contribution < 1.29 is 73.5 Å². The summed E-state index contributed by atoms with van der Waals surface area (Å²) in [6.45, 7) is 0. The topological polar surface area (TPSA) is 102 Å². The van der Waals surface area contributed by atoms with E-state index in [-0.39, 0.29) is 0 Å². The van der Waals surface area contributed by atoms with Crippen LogP contribution in [-0.2, 0) is 29.5 Å². The first-order valence-corrected chi connectivity index (χ1v) is 10.3. The van der Waals surface area contributed by atoms with E-state index in [4.69, 9.17) is 0 Å². The molecular formula is C9F11O6S3-. The Labute approximate surface area is 152 Å². The maximum absolute atomic E-state index is 13.6. The van der Waals surface area contributed by atoms with Crippen molar-refractivity contribution in [1.29, 1.82) is 0 Å². The lowest BCUT2D eigenvalue weighted by Gasteiger charge is -2.31. The molecule has 0 spiro atoms. The number of hydrogen-bond acceptors (Lipinski definition) is 6. The van der Waals surface area contributed by atoms with Gasteiger partial charge in [0.2, 0.25) is 5.82 Å². The van der Waals surface area contributed by atoms with Crippen molar-refractivity contribution in [2.75, 3.05) is 0 Å². The molecule has 1 aromatic carbocycles. The fraction of sp³-hybridized carbons (Fsp3) is 0.222. The van der Waals surface area contributed by atoms with Gasteiger partial charge in [-0.2, -0.15) is 26.3 Å². The van der Waals surface area contributed by atoms with Crippen LogP contribution in [0, 0.1) is 33.0 Å². The van der Waals surface area contributed by atoms with Crippen molar-refractivity contribution in [1.82, 2.24) is 0 Å². The molecule has 0 fully saturated rings. The predicted octanol–water partition coefficient (Wildman–Crippen LogP) is 2.47. The van der Waals surface area contributed by atoms with Gasteiger partial charge in [-0.25, -0.2) is 22.0 Å². The lowest BCUT2D eigenvalue weighted by atomic mass is 10.3. The molecule has 0 saturated heterocycles. The van der Waals surface area contributed by atoms with E-state index in [2.05, 4.69) is 0 Å². The average Bonchev–Trinajstić information content (AvgIpc) is 2.47. The van der Waals surface area contributed by atoms with Gasteiger partial charge >= 0.3 is 11.0 Å². The summed E-state index contributed by atoms with van der Waals surface area (Å²) in [7, 11) is -23.9. The van der Waals surface area contributed by atoms with Crippen molar-refractivity contribution in [3.8, 4) is 0 Å². The monoisotopic (exact) mass is 509 g/mol. The SMILES string of the molecule is O=S(=O)(c1c(F)c(F)c(F)c(F)c1F)[C-](S(=O)(=O)C(F)(F)F)S(=O)(=O)C(F)(F)F. The van der Waals surface area contributed by atoms with Gasteiger partial charge in [-0.15, -0.1) is 0 Å². The van der Waals surface area contributed by atoms with E-state index in [1.807, 2.05) is 0 Å². The van der Waals surface area contributed by atoms with Gasteiger partial charge in [-0.05, 0) is 0 Å². The van der Waals surface area contributed by atoms with E-state index in [1.54, 1.807) is 0 Å².